The van der Waals surface area contributed by atoms with Gasteiger partial charge in [0.1, 0.15) is 28.2 Å². The summed E-state index contributed by atoms with van der Waals surface area (Å²) < 4.78 is 42.9. The Balaban J connectivity index is 2.38. The van der Waals surface area contributed by atoms with Crippen LogP contribution in [0.3, 0.4) is 0 Å². The zero-order valence-electron chi connectivity index (χ0n) is 17.3. The number of nitrogens with one attached hydrogen (secondary N) is 1. The van der Waals surface area contributed by atoms with Gasteiger partial charge in [-0.3, -0.25) is 14.2 Å². The molecular weight excluding hydrogens is 475 g/mol. The van der Waals surface area contributed by atoms with E-state index in [1.807, 2.05) is 6.92 Å². The van der Waals surface area contributed by atoms with Crippen LogP contribution in [0.2, 0.25) is 5.02 Å². The molecule has 0 radical (unpaired) electrons. The summed E-state index contributed by atoms with van der Waals surface area (Å²) in [5, 5.41) is 12.3. The third-order valence-corrected chi connectivity index (χ3v) is 6.04. The van der Waals surface area contributed by atoms with Crippen LogP contribution in [-0.4, -0.2) is 17.0 Å². The van der Waals surface area contributed by atoms with Crippen molar-refractivity contribution in [3.05, 3.63) is 84.0 Å². The van der Waals surface area contributed by atoms with Crippen molar-refractivity contribution in [3.8, 4) is 11.8 Å². The molecular formula is C23H17ClF3N3O2S. The van der Waals surface area contributed by atoms with Gasteiger partial charge in [0.25, 0.3) is 11.5 Å². The van der Waals surface area contributed by atoms with Crippen LogP contribution in [0.1, 0.15) is 25.3 Å². The second-order valence-corrected chi connectivity index (χ2v) is 8.32. The molecule has 0 saturated heterocycles. The Hall–Kier alpha value is -3.35. The van der Waals surface area contributed by atoms with Crippen LogP contribution in [0.5, 0.6) is 0 Å². The van der Waals surface area contributed by atoms with Crippen molar-refractivity contribution in [2.75, 3.05) is 6.54 Å². The van der Waals surface area contributed by atoms with Crippen LogP contribution in [0, 0.1) is 28.8 Å². The van der Waals surface area contributed by atoms with Crippen LogP contribution in [0.4, 0.5) is 13.2 Å². The molecule has 1 heterocycles. The van der Waals surface area contributed by atoms with Crippen LogP contribution >= 0.6 is 22.9 Å². The number of benzene rings is 2. The molecule has 0 aliphatic heterocycles. The number of amides is 1. The average Bonchev–Trinajstić information content (AvgIpc) is 3.07. The van der Waals surface area contributed by atoms with Gasteiger partial charge in [-0.25, -0.2) is 13.2 Å². The van der Waals surface area contributed by atoms with Crippen molar-refractivity contribution in [1.29, 1.82) is 5.26 Å². The minimum atomic E-state index is -1.07. The number of carbonyl (C=O) groups is 1. The molecule has 1 N–H and O–H groups in total. The Morgan fingerprint density at radius 2 is 2.00 bits per heavy atom. The number of unbranched alkanes of at least 4 members (excludes halogenated alkanes) is 1. The van der Waals surface area contributed by atoms with Gasteiger partial charge in [0.2, 0.25) is 0 Å². The van der Waals surface area contributed by atoms with E-state index in [4.69, 9.17) is 11.6 Å². The first-order valence-electron chi connectivity index (χ1n) is 9.84. The Morgan fingerprint density at radius 3 is 2.64 bits per heavy atom. The third-order valence-electron chi connectivity index (χ3n) is 4.62. The van der Waals surface area contributed by atoms with E-state index in [2.05, 4.69) is 5.32 Å². The van der Waals surface area contributed by atoms with E-state index in [0.717, 1.165) is 35.3 Å². The van der Waals surface area contributed by atoms with E-state index in [9.17, 15) is 28.0 Å². The number of aromatic nitrogens is 1. The number of thiazole rings is 1. The van der Waals surface area contributed by atoms with Gasteiger partial charge in [0.05, 0.1) is 15.2 Å². The van der Waals surface area contributed by atoms with Gasteiger partial charge in [-0.05, 0) is 36.8 Å². The molecule has 0 saturated carbocycles. The largest absolute Gasteiger partial charge is 0.351 e. The molecule has 3 rings (SSSR count). The lowest BCUT2D eigenvalue weighted by atomic mass is 10.2. The van der Waals surface area contributed by atoms with Crippen LogP contribution in [0.15, 0.2) is 41.2 Å². The Bertz CT molecular complexity index is 1420. The smallest absolute Gasteiger partial charge is 0.273 e. The molecule has 0 atom stereocenters. The summed E-state index contributed by atoms with van der Waals surface area (Å²) in [6.45, 7) is 2.22. The van der Waals surface area contributed by atoms with Gasteiger partial charge in [-0.2, -0.15) is 5.26 Å². The second kappa shape index (κ2) is 10.5. The second-order valence-electron chi connectivity index (χ2n) is 6.88. The Kier molecular flexibility index (Phi) is 7.74. The first kappa shape index (κ1) is 24.3. The van der Waals surface area contributed by atoms with E-state index in [-0.39, 0.29) is 25.5 Å². The number of nitrogens with zero attached hydrogens (tertiary/aromatic N) is 2. The number of hydrogen-bond donors (Lipinski definition) is 1. The fourth-order valence-electron chi connectivity index (χ4n) is 2.97. The first-order valence-corrected chi connectivity index (χ1v) is 11.0. The molecule has 2 aromatic carbocycles. The lowest BCUT2D eigenvalue weighted by molar-refractivity contribution is -0.115. The molecule has 0 unspecified atom stereocenters. The molecule has 0 aliphatic carbocycles. The molecule has 0 bridgehead atoms. The molecule has 1 amide bonds. The van der Waals surface area contributed by atoms with E-state index >= 15 is 0 Å². The number of nitriles is 1. The lowest BCUT2D eigenvalue weighted by Gasteiger charge is -2.06. The van der Waals surface area contributed by atoms with E-state index < -0.39 is 34.5 Å². The predicted octanol–water partition coefficient (Wildman–Crippen LogP) is 3.39. The normalized spacial score (nSPS) is 12.4. The SMILES string of the molecule is CCCCNC(=O)/C(C#N)=c1\s/c(=C\c2c(F)cccc2Cl)c(=O)n1-c1ccc(F)cc1F. The highest BCUT2D eigenvalue weighted by Gasteiger charge is 2.19. The summed E-state index contributed by atoms with van der Waals surface area (Å²) in [4.78, 5) is 25.9. The summed E-state index contributed by atoms with van der Waals surface area (Å²) in [7, 11) is 0. The summed E-state index contributed by atoms with van der Waals surface area (Å²) >= 11 is 6.75. The molecule has 1 aromatic heterocycles. The lowest BCUT2D eigenvalue weighted by Crippen LogP contribution is -2.34. The highest BCUT2D eigenvalue weighted by Crippen LogP contribution is 2.19. The van der Waals surface area contributed by atoms with Gasteiger partial charge in [-0.1, -0.05) is 31.0 Å². The quantitative estimate of drug-likeness (QED) is 0.537. The zero-order valence-corrected chi connectivity index (χ0v) is 18.9. The van der Waals surface area contributed by atoms with Gasteiger partial charge < -0.3 is 5.32 Å². The molecule has 0 fully saturated rings. The standard InChI is InChI=1S/C23H17ClF3N3O2S/c1-2-3-9-29-21(31)15(12-28)23-30(19-8-7-13(25)10-18(19)27)22(32)20(33-23)11-14-16(24)5-4-6-17(14)26/h4-8,10-11H,2-3,9H2,1H3,(H,29,31)/b20-11-,23-15-. The fraction of sp³-hybridized carbons (Fsp3) is 0.174. The van der Waals surface area contributed by atoms with Gasteiger partial charge in [-0.15, -0.1) is 11.3 Å². The Morgan fingerprint density at radius 1 is 1.24 bits per heavy atom. The molecule has 170 valence electrons. The summed E-state index contributed by atoms with van der Waals surface area (Å²) in [6, 6.07) is 8.27. The number of rotatable bonds is 6. The fourth-order valence-corrected chi connectivity index (χ4v) is 4.27. The average molecular weight is 492 g/mol. The van der Waals surface area contributed by atoms with Crippen LogP contribution in [-0.2, 0) is 4.79 Å². The predicted molar refractivity (Wildman–Crippen MR) is 121 cm³/mol. The highest BCUT2D eigenvalue weighted by molar-refractivity contribution is 7.07. The number of carbonyl (C=O) groups excluding carboxylic acids is 1. The van der Waals surface area contributed by atoms with Crippen molar-refractivity contribution < 1.29 is 18.0 Å². The van der Waals surface area contributed by atoms with Crippen molar-refractivity contribution >= 4 is 40.5 Å². The highest BCUT2D eigenvalue weighted by atomic mass is 35.5. The van der Waals surface area contributed by atoms with Crippen LogP contribution < -0.4 is 20.1 Å². The van der Waals surface area contributed by atoms with Crippen molar-refractivity contribution in [2.24, 2.45) is 0 Å². The third kappa shape index (κ3) is 5.18. The molecule has 0 spiro atoms. The van der Waals surface area contributed by atoms with E-state index in [1.54, 1.807) is 6.07 Å². The number of hydrogen-bond acceptors (Lipinski definition) is 4. The molecule has 0 aliphatic rings. The van der Waals surface area contributed by atoms with Crippen LogP contribution in [0.25, 0.3) is 17.3 Å². The van der Waals surface area contributed by atoms with Gasteiger partial charge in [0, 0.05) is 18.2 Å². The summed E-state index contributed by atoms with van der Waals surface area (Å²) in [5.74, 6) is -3.39. The zero-order chi connectivity index (χ0) is 24.1. The molecule has 5 nitrogen and oxygen atoms in total. The maximum Gasteiger partial charge on any atom is 0.273 e. The van der Waals surface area contributed by atoms with Gasteiger partial charge in [0.15, 0.2) is 5.57 Å². The Labute approximate surface area is 195 Å². The van der Waals surface area contributed by atoms with E-state index in [0.29, 0.717) is 30.4 Å². The minimum absolute atomic E-state index is 0.0330. The molecule has 3 aromatic rings. The molecule has 10 heteroatoms. The maximum atomic E-state index is 14.6. The van der Waals surface area contributed by atoms with E-state index in [1.165, 1.54) is 12.1 Å². The minimum Gasteiger partial charge on any atom is -0.351 e. The topological polar surface area (TPSA) is 74.9 Å². The first-order chi connectivity index (χ1) is 15.8. The summed E-state index contributed by atoms with van der Waals surface area (Å²) in [6.07, 6.45) is 2.63. The number of halogens is 4. The summed E-state index contributed by atoms with van der Waals surface area (Å²) in [5.41, 5.74) is -1.70. The van der Waals surface area contributed by atoms with Crippen molar-refractivity contribution in [1.82, 2.24) is 9.88 Å². The van der Waals surface area contributed by atoms with Crippen molar-refractivity contribution in [3.63, 3.8) is 0 Å². The maximum absolute atomic E-state index is 14.6. The molecule has 33 heavy (non-hydrogen) atoms. The van der Waals surface area contributed by atoms with Crippen molar-refractivity contribution in [2.45, 2.75) is 19.8 Å². The van der Waals surface area contributed by atoms with Gasteiger partial charge >= 0.3 is 0 Å². The monoisotopic (exact) mass is 491 g/mol.